The van der Waals surface area contributed by atoms with E-state index in [9.17, 15) is 9.18 Å². The molecule has 1 aromatic rings. The summed E-state index contributed by atoms with van der Waals surface area (Å²) in [6.45, 7) is 11.3. The maximum Gasteiger partial charge on any atom is 0.223 e. The molecule has 4 heteroatoms. The standard InChI is InChI=1S/C15H21FN2O.C2H6/c1-5-17-15(19)9-7-12(3)18(4)14-8-6-11(2)10-13(14)16;1-2/h5-6,8,10,12H,1,7,9H2,2-4H3,(H,17,19);1-2H3. The van der Waals surface area contributed by atoms with Crippen molar-refractivity contribution in [3.63, 3.8) is 0 Å². The van der Waals surface area contributed by atoms with Crippen LogP contribution in [0.3, 0.4) is 0 Å². The van der Waals surface area contributed by atoms with Crippen LogP contribution >= 0.6 is 0 Å². The number of nitrogens with one attached hydrogen (secondary N) is 1. The van der Waals surface area contributed by atoms with Gasteiger partial charge < -0.3 is 10.2 Å². The Morgan fingerprint density at radius 2 is 2.10 bits per heavy atom. The highest BCUT2D eigenvalue weighted by molar-refractivity contribution is 5.76. The van der Waals surface area contributed by atoms with Crippen molar-refractivity contribution in [3.8, 4) is 0 Å². The Kier molecular flexibility index (Phi) is 9.10. The third-order valence-electron chi connectivity index (χ3n) is 3.20. The van der Waals surface area contributed by atoms with Gasteiger partial charge in [0.05, 0.1) is 5.69 Å². The van der Waals surface area contributed by atoms with Crippen LogP contribution in [0.2, 0.25) is 0 Å². The number of amides is 1. The van der Waals surface area contributed by atoms with E-state index in [1.807, 2.05) is 45.7 Å². The summed E-state index contributed by atoms with van der Waals surface area (Å²) >= 11 is 0. The molecule has 0 radical (unpaired) electrons. The van der Waals surface area contributed by atoms with E-state index in [2.05, 4.69) is 11.9 Å². The first-order valence-electron chi connectivity index (χ1n) is 7.35. The molecule has 0 heterocycles. The van der Waals surface area contributed by atoms with Crippen LogP contribution < -0.4 is 10.2 Å². The minimum Gasteiger partial charge on any atom is -0.370 e. The molecule has 1 rings (SSSR count). The number of carbonyl (C=O) groups is 1. The van der Waals surface area contributed by atoms with E-state index in [1.54, 1.807) is 6.07 Å². The van der Waals surface area contributed by atoms with Crippen LogP contribution in [0.25, 0.3) is 0 Å². The molecule has 0 bridgehead atoms. The molecule has 21 heavy (non-hydrogen) atoms. The fourth-order valence-electron chi connectivity index (χ4n) is 1.86. The second-order valence-corrected chi connectivity index (χ2v) is 4.73. The molecule has 0 aliphatic heterocycles. The van der Waals surface area contributed by atoms with Gasteiger partial charge in [0.25, 0.3) is 0 Å². The number of hydrogen-bond acceptors (Lipinski definition) is 2. The number of aryl methyl sites for hydroxylation is 1. The summed E-state index contributed by atoms with van der Waals surface area (Å²) in [5, 5.41) is 2.53. The molecule has 0 saturated heterocycles. The molecule has 1 amide bonds. The van der Waals surface area contributed by atoms with Crippen LogP contribution in [0.5, 0.6) is 0 Å². The molecule has 118 valence electrons. The third kappa shape index (κ3) is 6.43. The first-order valence-corrected chi connectivity index (χ1v) is 7.35. The first-order chi connectivity index (χ1) is 9.95. The number of halogens is 1. The van der Waals surface area contributed by atoms with Gasteiger partial charge in [-0.1, -0.05) is 26.5 Å². The SMILES string of the molecule is C=CNC(=O)CCC(C)N(C)c1ccc(C)cc1F.CC. The van der Waals surface area contributed by atoms with Gasteiger partial charge in [0.15, 0.2) is 0 Å². The Labute approximate surface area is 127 Å². The van der Waals surface area contributed by atoms with Crippen molar-refractivity contribution >= 4 is 11.6 Å². The molecule has 3 nitrogen and oxygen atoms in total. The van der Waals surface area contributed by atoms with E-state index in [0.717, 1.165) is 5.56 Å². The largest absolute Gasteiger partial charge is 0.370 e. The van der Waals surface area contributed by atoms with Gasteiger partial charge in [-0.25, -0.2) is 4.39 Å². The Morgan fingerprint density at radius 1 is 1.48 bits per heavy atom. The molecule has 0 spiro atoms. The van der Waals surface area contributed by atoms with Gasteiger partial charge in [-0.15, -0.1) is 0 Å². The average Bonchev–Trinajstić information content (AvgIpc) is 2.46. The van der Waals surface area contributed by atoms with Crippen molar-refractivity contribution in [1.29, 1.82) is 0 Å². The molecular weight excluding hydrogens is 267 g/mol. The average molecular weight is 294 g/mol. The molecule has 0 aromatic heterocycles. The Bertz CT molecular complexity index is 460. The van der Waals surface area contributed by atoms with Gasteiger partial charge in [-0.2, -0.15) is 0 Å². The normalized spacial score (nSPS) is 11.0. The highest BCUT2D eigenvalue weighted by atomic mass is 19.1. The zero-order valence-electron chi connectivity index (χ0n) is 13.7. The van der Waals surface area contributed by atoms with Crippen molar-refractivity contribution in [2.45, 2.75) is 46.6 Å². The van der Waals surface area contributed by atoms with Crippen molar-refractivity contribution in [1.82, 2.24) is 5.32 Å². The summed E-state index contributed by atoms with van der Waals surface area (Å²) in [6, 6.07) is 5.24. The Morgan fingerprint density at radius 3 is 2.62 bits per heavy atom. The minimum atomic E-state index is -0.232. The topological polar surface area (TPSA) is 32.3 Å². The summed E-state index contributed by atoms with van der Waals surface area (Å²) in [6.07, 6.45) is 2.42. The van der Waals surface area contributed by atoms with E-state index in [1.165, 1.54) is 12.3 Å². The zero-order valence-corrected chi connectivity index (χ0v) is 13.7. The fraction of sp³-hybridized carbons (Fsp3) is 0.471. The summed E-state index contributed by atoms with van der Waals surface area (Å²) in [5.74, 6) is -0.301. The second-order valence-electron chi connectivity index (χ2n) is 4.73. The smallest absolute Gasteiger partial charge is 0.223 e. The summed E-state index contributed by atoms with van der Waals surface area (Å²) in [7, 11) is 1.84. The Hall–Kier alpha value is -1.84. The van der Waals surface area contributed by atoms with E-state index in [-0.39, 0.29) is 17.8 Å². The van der Waals surface area contributed by atoms with Crippen LogP contribution in [0, 0.1) is 12.7 Å². The van der Waals surface area contributed by atoms with Crippen LogP contribution in [-0.4, -0.2) is 19.0 Å². The summed E-state index contributed by atoms with van der Waals surface area (Å²) in [4.78, 5) is 13.2. The van der Waals surface area contributed by atoms with E-state index < -0.39 is 0 Å². The molecule has 0 aliphatic rings. The van der Waals surface area contributed by atoms with Gasteiger partial charge in [-0.3, -0.25) is 4.79 Å². The number of nitrogens with zero attached hydrogens (tertiary/aromatic N) is 1. The van der Waals surface area contributed by atoms with Crippen LogP contribution in [0.4, 0.5) is 10.1 Å². The monoisotopic (exact) mass is 294 g/mol. The van der Waals surface area contributed by atoms with Crippen molar-refractivity contribution < 1.29 is 9.18 Å². The van der Waals surface area contributed by atoms with Gasteiger partial charge in [0.2, 0.25) is 5.91 Å². The molecule has 0 fully saturated rings. The summed E-state index contributed by atoms with van der Waals surface area (Å²) < 4.78 is 13.8. The highest BCUT2D eigenvalue weighted by Gasteiger charge is 2.15. The Balaban J connectivity index is 0.00000191. The maximum atomic E-state index is 13.8. The predicted molar refractivity (Wildman–Crippen MR) is 87.9 cm³/mol. The van der Waals surface area contributed by atoms with Crippen molar-refractivity contribution in [3.05, 3.63) is 42.4 Å². The molecule has 1 aromatic carbocycles. The van der Waals surface area contributed by atoms with Gasteiger partial charge >= 0.3 is 0 Å². The van der Waals surface area contributed by atoms with Crippen LogP contribution in [-0.2, 0) is 4.79 Å². The van der Waals surface area contributed by atoms with E-state index in [4.69, 9.17) is 0 Å². The third-order valence-corrected chi connectivity index (χ3v) is 3.20. The fourth-order valence-corrected chi connectivity index (χ4v) is 1.86. The summed E-state index contributed by atoms with van der Waals surface area (Å²) in [5.41, 5.74) is 1.45. The number of anilines is 1. The van der Waals surface area contributed by atoms with Crippen molar-refractivity contribution in [2.75, 3.05) is 11.9 Å². The molecule has 1 N–H and O–H groups in total. The quantitative estimate of drug-likeness (QED) is 0.859. The van der Waals surface area contributed by atoms with E-state index >= 15 is 0 Å². The number of benzene rings is 1. The van der Waals surface area contributed by atoms with Crippen molar-refractivity contribution in [2.24, 2.45) is 0 Å². The van der Waals surface area contributed by atoms with E-state index in [0.29, 0.717) is 18.5 Å². The lowest BCUT2D eigenvalue weighted by Crippen LogP contribution is -2.31. The molecular formula is C17H27FN2O. The molecule has 1 unspecified atom stereocenters. The first kappa shape index (κ1) is 19.2. The lowest BCUT2D eigenvalue weighted by molar-refractivity contribution is -0.120. The minimum absolute atomic E-state index is 0.0698. The van der Waals surface area contributed by atoms with Crippen LogP contribution in [0.1, 0.15) is 39.2 Å². The predicted octanol–water partition coefficient (Wildman–Crippen LogP) is 4.02. The molecule has 0 aliphatic carbocycles. The second kappa shape index (κ2) is 9.97. The lowest BCUT2D eigenvalue weighted by atomic mass is 10.1. The zero-order chi connectivity index (χ0) is 16.4. The molecule has 0 saturated carbocycles. The molecule has 1 atom stereocenters. The number of carbonyl (C=O) groups excluding carboxylic acids is 1. The van der Waals surface area contributed by atoms with Gasteiger partial charge in [-0.05, 0) is 44.2 Å². The maximum absolute atomic E-state index is 13.8. The number of hydrogen-bond donors (Lipinski definition) is 1. The highest BCUT2D eigenvalue weighted by Crippen LogP contribution is 2.22. The van der Waals surface area contributed by atoms with Gasteiger partial charge in [0.1, 0.15) is 5.82 Å². The van der Waals surface area contributed by atoms with Crippen LogP contribution in [0.15, 0.2) is 31.0 Å². The lowest BCUT2D eigenvalue weighted by Gasteiger charge is -2.27. The van der Waals surface area contributed by atoms with Gasteiger partial charge in [0, 0.05) is 19.5 Å². The number of rotatable bonds is 6.